The van der Waals surface area contributed by atoms with Gasteiger partial charge in [0.25, 0.3) is 0 Å². The van der Waals surface area contributed by atoms with E-state index in [2.05, 4.69) is 22.9 Å². The molecule has 3 amide bonds. The topological polar surface area (TPSA) is 70.2 Å². The molecule has 100 valence electrons. The molecule has 0 radical (unpaired) electrons. The third-order valence-corrected chi connectivity index (χ3v) is 2.47. The van der Waals surface area contributed by atoms with E-state index in [4.69, 9.17) is 0 Å². The van der Waals surface area contributed by atoms with Crippen molar-refractivity contribution in [2.45, 2.75) is 52.5 Å². The summed E-state index contributed by atoms with van der Waals surface area (Å²) in [5.41, 5.74) is 0. The van der Waals surface area contributed by atoms with Crippen molar-refractivity contribution in [3.8, 4) is 0 Å². The molecule has 0 aliphatic rings. The summed E-state index contributed by atoms with van der Waals surface area (Å²) >= 11 is 0. The van der Waals surface area contributed by atoms with Crippen LogP contribution in [0.15, 0.2) is 0 Å². The van der Waals surface area contributed by atoms with E-state index in [9.17, 15) is 9.59 Å². The fraction of sp³-hybridized carbons (Fsp3) is 0.833. The molecular weight excluding hydrogens is 218 g/mol. The van der Waals surface area contributed by atoms with Crippen molar-refractivity contribution in [2.75, 3.05) is 13.1 Å². The quantitative estimate of drug-likeness (QED) is 0.564. The Morgan fingerprint density at radius 2 is 1.76 bits per heavy atom. The predicted octanol–water partition coefficient (Wildman–Crippen LogP) is 1.39. The summed E-state index contributed by atoms with van der Waals surface area (Å²) in [4.78, 5) is 22.6. The van der Waals surface area contributed by atoms with Crippen molar-refractivity contribution in [2.24, 2.45) is 0 Å². The Balaban J connectivity index is 3.49. The van der Waals surface area contributed by atoms with Crippen LogP contribution in [0.2, 0.25) is 0 Å². The average Bonchev–Trinajstić information content (AvgIpc) is 2.29. The molecule has 0 aliphatic heterocycles. The van der Waals surface area contributed by atoms with Crippen LogP contribution in [0.5, 0.6) is 0 Å². The maximum Gasteiger partial charge on any atom is 0.314 e. The second kappa shape index (κ2) is 9.93. The van der Waals surface area contributed by atoms with E-state index in [1.807, 2.05) is 13.8 Å². The molecule has 17 heavy (non-hydrogen) atoms. The monoisotopic (exact) mass is 243 g/mol. The fourth-order valence-corrected chi connectivity index (χ4v) is 1.18. The SMILES string of the molecule is CCCCNC(=O)NCCC(=O)NC(C)CC. The van der Waals surface area contributed by atoms with Gasteiger partial charge in [-0.2, -0.15) is 0 Å². The Labute approximate surface area is 104 Å². The van der Waals surface area contributed by atoms with Crippen LogP contribution >= 0.6 is 0 Å². The lowest BCUT2D eigenvalue weighted by molar-refractivity contribution is -0.121. The third kappa shape index (κ3) is 9.66. The molecule has 1 atom stereocenters. The largest absolute Gasteiger partial charge is 0.354 e. The van der Waals surface area contributed by atoms with E-state index in [1.54, 1.807) is 0 Å². The first-order valence-corrected chi connectivity index (χ1v) is 6.41. The summed E-state index contributed by atoms with van der Waals surface area (Å²) in [6, 6.07) is -0.00401. The van der Waals surface area contributed by atoms with Crippen LogP contribution in [0.3, 0.4) is 0 Å². The summed E-state index contributed by atoms with van der Waals surface area (Å²) in [7, 11) is 0. The predicted molar refractivity (Wildman–Crippen MR) is 68.8 cm³/mol. The minimum Gasteiger partial charge on any atom is -0.354 e. The van der Waals surface area contributed by atoms with Crippen molar-refractivity contribution < 1.29 is 9.59 Å². The second-order valence-corrected chi connectivity index (χ2v) is 4.16. The first kappa shape index (κ1) is 15.7. The molecule has 0 saturated carbocycles. The van der Waals surface area contributed by atoms with Gasteiger partial charge in [0, 0.05) is 25.6 Å². The van der Waals surface area contributed by atoms with Crippen LogP contribution in [-0.4, -0.2) is 31.1 Å². The number of carbonyl (C=O) groups is 2. The number of hydrogen-bond acceptors (Lipinski definition) is 2. The van der Waals surface area contributed by atoms with E-state index >= 15 is 0 Å². The summed E-state index contributed by atoms with van der Waals surface area (Å²) in [6.45, 7) is 7.10. The van der Waals surface area contributed by atoms with Gasteiger partial charge in [-0.25, -0.2) is 4.79 Å². The van der Waals surface area contributed by atoms with Crippen molar-refractivity contribution >= 4 is 11.9 Å². The number of carbonyl (C=O) groups excluding carboxylic acids is 2. The molecule has 0 aromatic rings. The Bertz CT molecular complexity index is 232. The summed E-state index contributed by atoms with van der Waals surface area (Å²) in [5, 5.41) is 8.23. The lowest BCUT2D eigenvalue weighted by Gasteiger charge is -2.11. The zero-order valence-electron chi connectivity index (χ0n) is 11.1. The molecule has 1 unspecified atom stereocenters. The molecule has 0 aromatic heterocycles. The lowest BCUT2D eigenvalue weighted by Crippen LogP contribution is -2.39. The fourth-order valence-electron chi connectivity index (χ4n) is 1.18. The van der Waals surface area contributed by atoms with Gasteiger partial charge in [0.2, 0.25) is 5.91 Å². The highest BCUT2D eigenvalue weighted by Gasteiger charge is 2.05. The van der Waals surface area contributed by atoms with Crippen LogP contribution in [-0.2, 0) is 4.79 Å². The van der Waals surface area contributed by atoms with Gasteiger partial charge in [0.05, 0.1) is 0 Å². The minimum atomic E-state index is -0.199. The number of rotatable bonds is 8. The Morgan fingerprint density at radius 3 is 2.35 bits per heavy atom. The molecule has 0 fully saturated rings. The molecule has 0 aromatic carbocycles. The Kier molecular flexibility index (Phi) is 9.19. The Morgan fingerprint density at radius 1 is 1.12 bits per heavy atom. The Hall–Kier alpha value is -1.26. The highest BCUT2D eigenvalue weighted by molar-refractivity contribution is 5.78. The van der Waals surface area contributed by atoms with E-state index in [0.29, 0.717) is 19.5 Å². The average molecular weight is 243 g/mol. The van der Waals surface area contributed by atoms with Gasteiger partial charge < -0.3 is 16.0 Å². The van der Waals surface area contributed by atoms with Crippen molar-refractivity contribution in [3.63, 3.8) is 0 Å². The molecule has 0 aliphatic carbocycles. The molecule has 0 bridgehead atoms. The number of amides is 3. The molecule has 5 heteroatoms. The summed E-state index contributed by atoms with van der Waals surface area (Å²) < 4.78 is 0. The lowest BCUT2D eigenvalue weighted by atomic mass is 10.2. The zero-order valence-corrected chi connectivity index (χ0v) is 11.1. The standard InChI is InChI=1S/C12H25N3O2/c1-4-6-8-13-12(17)14-9-7-11(16)15-10(3)5-2/h10H,4-9H2,1-3H3,(H,15,16)(H2,13,14,17). The van der Waals surface area contributed by atoms with Crippen molar-refractivity contribution in [3.05, 3.63) is 0 Å². The first-order chi connectivity index (χ1) is 8.10. The van der Waals surface area contributed by atoms with Gasteiger partial charge in [-0.3, -0.25) is 4.79 Å². The van der Waals surface area contributed by atoms with Gasteiger partial charge in [-0.1, -0.05) is 20.3 Å². The van der Waals surface area contributed by atoms with E-state index in [0.717, 1.165) is 19.3 Å². The molecule has 5 nitrogen and oxygen atoms in total. The number of urea groups is 1. The van der Waals surface area contributed by atoms with Crippen LogP contribution in [0.1, 0.15) is 46.5 Å². The van der Waals surface area contributed by atoms with Crippen LogP contribution in [0, 0.1) is 0 Å². The molecule has 0 saturated heterocycles. The smallest absolute Gasteiger partial charge is 0.314 e. The molecule has 0 heterocycles. The van der Waals surface area contributed by atoms with E-state index in [1.165, 1.54) is 0 Å². The van der Waals surface area contributed by atoms with Gasteiger partial charge in [0.15, 0.2) is 0 Å². The minimum absolute atomic E-state index is 0.0202. The van der Waals surface area contributed by atoms with E-state index < -0.39 is 0 Å². The first-order valence-electron chi connectivity index (χ1n) is 6.41. The van der Waals surface area contributed by atoms with Crippen LogP contribution in [0.25, 0.3) is 0 Å². The van der Waals surface area contributed by atoms with Gasteiger partial charge in [-0.15, -0.1) is 0 Å². The number of unbranched alkanes of at least 4 members (excludes halogenated alkanes) is 1. The molecule has 0 rings (SSSR count). The van der Waals surface area contributed by atoms with E-state index in [-0.39, 0.29) is 18.0 Å². The molecular formula is C12H25N3O2. The number of hydrogen-bond donors (Lipinski definition) is 3. The second-order valence-electron chi connectivity index (χ2n) is 4.16. The maximum absolute atomic E-state index is 11.4. The van der Waals surface area contributed by atoms with Crippen molar-refractivity contribution in [1.82, 2.24) is 16.0 Å². The summed E-state index contributed by atoms with van der Waals surface area (Å²) in [5.74, 6) is -0.0202. The molecule has 0 spiro atoms. The maximum atomic E-state index is 11.4. The third-order valence-electron chi connectivity index (χ3n) is 2.47. The van der Waals surface area contributed by atoms with Gasteiger partial charge in [-0.05, 0) is 19.8 Å². The summed E-state index contributed by atoms with van der Waals surface area (Å²) in [6.07, 6.45) is 3.27. The van der Waals surface area contributed by atoms with Crippen LogP contribution < -0.4 is 16.0 Å². The van der Waals surface area contributed by atoms with Crippen LogP contribution in [0.4, 0.5) is 4.79 Å². The highest BCUT2D eigenvalue weighted by Crippen LogP contribution is 1.89. The van der Waals surface area contributed by atoms with Gasteiger partial charge >= 0.3 is 6.03 Å². The van der Waals surface area contributed by atoms with Gasteiger partial charge in [0.1, 0.15) is 0 Å². The normalized spacial score (nSPS) is 11.7. The molecule has 3 N–H and O–H groups in total. The number of nitrogens with one attached hydrogen (secondary N) is 3. The van der Waals surface area contributed by atoms with Crippen molar-refractivity contribution in [1.29, 1.82) is 0 Å². The zero-order chi connectivity index (χ0) is 13.1. The highest BCUT2D eigenvalue weighted by atomic mass is 16.2.